The number of benzene rings is 7. The molecule has 2 aromatic heterocycles. The molecule has 0 aliphatic rings. The van der Waals surface area contributed by atoms with E-state index < -0.39 is 0 Å². The van der Waals surface area contributed by atoms with E-state index in [1.54, 1.807) is 0 Å². The number of hydrogen-bond acceptors (Lipinski definition) is 4. The van der Waals surface area contributed by atoms with Gasteiger partial charge in [0.15, 0.2) is 5.58 Å². The van der Waals surface area contributed by atoms with Gasteiger partial charge in [-0.1, -0.05) is 90.5 Å². The first-order valence-electron chi connectivity index (χ1n) is 15.5. The Balaban J connectivity index is 1.19. The number of rotatable bonds is 6. The molecule has 47 heavy (non-hydrogen) atoms. The van der Waals surface area contributed by atoms with Crippen LogP contribution in [0.2, 0.25) is 5.02 Å². The summed E-state index contributed by atoms with van der Waals surface area (Å²) in [6, 6.07) is 57.4. The lowest BCUT2D eigenvalue weighted by Gasteiger charge is -2.26. The van der Waals surface area contributed by atoms with Crippen LogP contribution in [0.3, 0.4) is 0 Å². The van der Waals surface area contributed by atoms with Gasteiger partial charge in [-0.3, -0.25) is 0 Å². The van der Waals surface area contributed by atoms with Crippen LogP contribution in [0, 0.1) is 0 Å². The Morgan fingerprint density at radius 1 is 0.404 bits per heavy atom. The Bertz CT molecular complexity index is 2500. The van der Waals surface area contributed by atoms with Crippen LogP contribution in [0.1, 0.15) is 0 Å². The second-order valence-electron chi connectivity index (χ2n) is 11.5. The molecular weight excluding hydrogens is 616 g/mol. The van der Waals surface area contributed by atoms with E-state index in [2.05, 4.69) is 143 Å². The molecule has 9 aromatic rings. The first-order valence-corrected chi connectivity index (χ1v) is 16.7. The molecule has 5 heteroatoms. The average molecular weight is 643 g/mol. The molecule has 0 atom stereocenters. The third-order valence-corrected chi connectivity index (χ3v) is 10.1. The number of nitrogens with zero attached hydrogens (tertiary/aromatic N) is 2. The lowest BCUT2D eigenvalue weighted by atomic mass is 10.1. The molecule has 0 saturated carbocycles. The molecule has 2 heterocycles. The van der Waals surface area contributed by atoms with Crippen molar-refractivity contribution in [3.63, 3.8) is 0 Å². The van der Waals surface area contributed by atoms with Gasteiger partial charge in [0.05, 0.1) is 5.02 Å². The molecule has 3 nitrogen and oxygen atoms in total. The third-order valence-electron chi connectivity index (χ3n) is 8.67. The second kappa shape index (κ2) is 11.4. The van der Waals surface area contributed by atoms with E-state index in [-0.39, 0.29) is 0 Å². The molecule has 0 unspecified atom stereocenters. The minimum Gasteiger partial charge on any atom is -0.454 e. The van der Waals surface area contributed by atoms with E-state index in [9.17, 15) is 0 Å². The summed E-state index contributed by atoms with van der Waals surface area (Å²) in [4.78, 5) is 4.59. The van der Waals surface area contributed by atoms with E-state index in [0.717, 1.165) is 50.5 Å². The normalized spacial score (nSPS) is 11.5. The van der Waals surface area contributed by atoms with E-state index in [1.165, 1.54) is 20.2 Å². The lowest BCUT2D eigenvalue weighted by Crippen LogP contribution is -2.09. The molecule has 0 N–H and O–H groups in total. The fraction of sp³-hybridized carbons (Fsp3) is 0. The summed E-state index contributed by atoms with van der Waals surface area (Å²) in [6.07, 6.45) is 0. The van der Waals surface area contributed by atoms with Crippen molar-refractivity contribution in [2.24, 2.45) is 0 Å². The number of anilines is 6. The molecule has 9 rings (SSSR count). The Morgan fingerprint density at radius 3 is 1.64 bits per heavy atom. The predicted octanol–water partition coefficient (Wildman–Crippen LogP) is 13.5. The van der Waals surface area contributed by atoms with Crippen LogP contribution in [0.15, 0.2) is 168 Å². The Morgan fingerprint density at radius 2 is 0.957 bits per heavy atom. The number of halogens is 1. The summed E-state index contributed by atoms with van der Waals surface area (Å²) in [5.74, 6) is 0. The monoisotopic (exact) mass is 642 g/mol. The van der Waals surface area contributed by atoms with Gasteiger partial charge in [-0.15, -0.1) is 11.3 Å². The van der Waals surface area contributed by atoms with Gasteiger partial charge in [-0.25, -0.2) is 0 Å². The predicted molar refractivity (Wildman–Crippen MR) is 201 cm³/mol. The van der Waals surface area contributed by atoms with Crippen molar-refractivity contribution < 1.29 is 4.42 Å². The van der Waals surface area contributed by atoms with Gasteiger partial charge in [0, 0.05) is 65.1 Å². The number of furan rings is 1. The molecule has 0 bridgehead atoms. The summed E-state index contributed by atoms with van der Waals surface area (Å²) < 4.78 is 8.63. The van der Waals surface area contributed by atoms with E-state index in [1.807, 2.05) is 41.7 Å². The van der Waals surface area contributed by atoms with Crippen LogP contribution in [0.4, 0.5) is 34.1 Å². The van der Waals surface area contributed by atoms with Crippen LogP contribution in [0.25, 0.3) is 42.1 Å². The zero-order valence-electron chi connectivity index (χ0n) is 25.2. The van der Waals surface area contributed by atoms with Crippen molar-refractivity contribution in [3.8, 4) is 0 Å². The highest BCUT2D eigenvalue weighted by Gasteiger charge is 2.20. The standard InChI is InChI=1S/C42H27ClN2OS/c43-38-26-33(25-37-34-18-10-11-19-39(34)46-42(37)38)45(30-16-8-3-9-17-30)32-20-22-35-36-24-31(21-23-40(36)47-41(35)27-32)44(28-12-4-1-5-13-28)29-14-6-2-7-15-29/h1-27H. The van der Waals surface area contributed by atoms with Gasteiger partial charge < -0.3 is 14.2 Å². The summed E-state index contributed by atoms with van der Waals surface area (Å²) >= 11 is 8.73. The van der Waals surface area contributed by atoms with Crippen molar-refractivity contribution in [1.82, 2.24) is 0 Å². The summed E-state index contributed by atoms with van der Waals surface area (Å²) in [6.45, 7) is 0. The maximum atomic E-state index is 6.91. The smallest absolute Gasteiger partial charge is 0.154 e. The second-order valence-corrected chi connectivity index (χ2v) is 13.0. The van der Waals surface area contributed by atoms with Crippen LogP contribution < -0.4 is 9.80 Å². The molecule has 0 fully saturated rings. The summed E-state index contributed by atoms with van der Waals surface area (Å²) in [5.41, 5.74) is 8.01. The quantitative estimate of drug-likeness (QED) is 0.180. The van der Waals surface area contributed by atoms with Gasteiger partial charge in [-0.2, -0.15) is 0 Å². The van der Waals surface area contributed by atoms with Crippen molar-refractivity contribution in [1.29, 1.82) is 0 Å². The van der Waals surface area contributed by atoms with Gasteiger partial charge >= 0.3 is 0 Å². The van der Waals surface area contributed by atoms with E-state index >= 15 is 0 Å². The highest BCUT2D eigenvalue weighted by atomic mass is 35.5. The van der Waals surface area contributed by atoms with Gasteiger partial charge in [0.25, 0.3) is 0 Å². The third kappa shape index (κ3) is 4.81. The Hall–Kier alpha value is -5.55. The maximum Gasteiger partial charge on any atom is 0.154 e. The fourth-order valence-electron chi connectivity index (χ4n) is 6.56. The zero-order valence-corrected chi connectivity index (χ0v) is 26.7. The molecule has 0 amide bonds. The van der Waals surface area contributed by atoms with Crippen LogP contribution >= 0.6 is 22.9 Å². The van der Waals surface area contributed by atoms with Crippen molar-refractivity contribution in [2.45, 2.75) is 0 Å². The number of fused-ring (bicyclic) bond motifs is 6. The number of hydrogen-bond donors (Lipinski definition) is 0. The Kier molecular flexibility index (Phi) is 6.70. The van der Waals surface area contributed by atoms with Gasteiger partial charge in [0.1, 0.15) is 5.58 Å². The van der Waals surface area contributed by atoms with Crippen LogP contribution in [-0.4, -0.2) is 0 Å². The topological polar surface area (TPSA) is 19.6 Å². The van der Waals surface area contributed by atoms with Crippen molar-refractivity contribution in [3.05, 3.63) is 169 Å². The molecule has 0 aliphatic carbocycles. The minimum atomic E-state index is 0.589. The SMILES string of the molecule is Clc1cc(N(c2ccccc2)c2ccc3c(c2)sc2ccc(N(c4ccccc4)c4ccccc4)cc23)cc2c1oc1ccccc12. The molecular formula is C42H27ClN2OS. The number of para-hydroxylation sites is 4. The number of thiophene rings is 1. The highest BCUT2D eigenvalue weighted by Crippen LogP contribution is 2.45. The summed E-state index contributed by atoms with van der Waals surface area (Å²) in [7, 11) is 0. The molecule has 0 aliphatic heterocycles. The maximum absolute atomic E-state index is 6.91. The highest BCUT2D eigenvalue weighted by molar-refractivity contribution is 7.25. The zero-order chi connectivity index (χ0) is 31.3. The molecule has 0 spiro atoms. The van der Waals surface area contributed by atoms with E-state index in [4.69, 9.17) is 16.0 Å². The molecule has 224 valence electrons. The van der Waals surface area contributed by atoms with Crippen LogP contribution in [0.5, 0.6) is 0 Å². The first-order chi connectivity index (χ1) is 23.2. The molecule has 7 aromatic carbocycles. The minimum absolute atomic E-state index is 0.589. The van der Waals surface area contributed by atoms with Crippen molar-refractivity contribution >= 4 is 99.2 Å². The summed E-state index contributed by atoms with van der Waals surface area (Å²) in [5, 5.41) is 5.12. The van der Waals surface area contributed by atoms with Gasteiger partial charge in [0.2, 0.25) is 0 Å². The largest absolute Gasteiger partial charge is 0.454 e. The van der Waals surface area contributed by atoms with E-state index in [0.29, 0.717) is 10.6 Å². The van der Waals surface area contributed by atoms with Gasteiger partial charge in [-0.05, 0) is 84.9 Å². The molecule has 0 radical (unpaired) electrons. The van der Waals surface area contributed by atoms with Crippen LogP contribution in [-0.2, 0) is 0 Å². The first kappa shape index (κ1) is 27.7. The fourth-order valence-corrected chi connectivity index (χ4v) is 7.93. The molecule has 0 saturated heterocycles. The Labute approximate surface area is 281 Å². The van der Waals surface area contributed by atoms with Crippen molar-refractivity contribution in [2.75, 3.05) is 9.80 Å². The average Bonchev–Trinajstić information content (AvgIpc) is 3.68. The lowest BCUT2D eigenvalue weighted by molar-refractivity contribution is 0.669.